The maximum absolute atomic E-state index is 13.4. The van der Waals surface area contributed by atoms with Crippen LogP contribution in [0.2, 0.25) is 0 Å². The molecule has 3 rings (SSSR count). The second kappa shape index (κ2) is 8.10. The number of hydroxylamine groups is 1. The Hall–Kier alpha value is -3.05. The minimum Gasteiger partial charge on any atom is -0.472 e. The standard InChI is InChI=1S/C16H18FN5O5/c1-8(24)18-11(6-23)7-26-16-14(21-27-22-16)15(20-25)19-13-4-9-2-3-10(17)5-12(9)13/h2-3,5,11,13,23,25H,4,6-7H2,1H3,(H,18,24)(H,19,20)/t11-,13-/m0/s1. The van der Waals surface area contributed by atoms with Gasteiger partial charge in [-0.05, 0) is 40.0 Å². The van der Waals surface area contributed by atoms with Gasteiger partial charge in [-0.25, -0.2) is 9.02 Å². The van der Waals surface area contributed by atoms with Gasteiger partial charge in [0.25, 0.3) is 5.88 Å². The lowest BCUT2D eigenvalue weighted by Gasteiger charge is -2.27. The summed E-state index contributed by atoms with van der Waals surface area (Å²) in [4.78, 5) is 15.4. The maximum atomic E-state index is 13.4. The van der Waals surface area contributed by atoms with Crippen LogP contribution >= 0.6 is 0 Å². The van der Waals surface area contributed by atoms with Crippen LogP contribution in [-0.2, 0) is 11.2 Å². The number of carbonyl (C=O) groups is 1. The highest BCUT2D eigenvalue weighted by molar-refractivity contribution is 5.98. The number of rotatable bonds is 7. The summed E-state index contributed by atoms with van der Waals surface area (Å²) in [6.45, 7) is 0.864. The van der Waals surface area contributed by atoms with E-state index in [1.165, 1.54) is 19.1 Å². The zero-order valence-corrected chi connectivity index (χ0v) is 14.3. The minimum atomic E-state index is -0.656. The molecule has 1 aromatic heterocycles. The molecule has 0 spiro atoms. The van der Waals surface area contributed by atoms with E-state index in [-0.39, 0.29) is 48.4 Å². The number of aliphatic hydroxyl groups excluding tert-OH is 1. The summed E-state index contributed by atoms with van der Waals surface area (Å²) in [6, 6.07) is 3.44. The number of aliphatic imine (C=N–C) groups is 1. The van der Waals surface area contributed by atoms with Crippen molar-refractivity contribution < 1.29 is 28.9 Å². The molecular weight excluding hydrogens is 361 g/mol. The first-order valence-corrected chi connectivity index (χ1v) is 8.11. The average Bonchev–Trinajstić information content (AvgIpc) is 3.09. The fourth-order valence-electron chi connectivity index (χ4n) is 2.69. The zero-order chi connectivity index (χ0) is 19.4. The molecule has 1 aliphatic carbocycles. The van der Waals surface area contributed by atoms with Gasteiger partial charge in [0.15, 0.2) is 5.84 Å². The number of hydrogen-bond acceptors (Lipinski definition) is 8. The number of nitrogens with one attached hydrogen (secondary N) is 2. The normalized spacial score (nSPS) is 16.9. The Kier molecular flexibility index (Phi) is 5.62. The summed E-state index contributed by atoms with van der Waals surface area (Å²) in [5.74, 6) is -0.845. The van der Waals surface area contributed by atoms with Crippen LogP contribution in [0.3, 0.4) is 0 Å². The van der Waals surface area contributed by atoms with Gasteiger partial charge in [-0.1, -0.05) is 6.07 Å². The van der Waals surface area contributed by atoms with Gasteiger partial charge in [-0.3, -0.25) is 20.5 Å². The van der Waals surface area contributed by atoms with Crippen LogP contribution in [0.1, 0.15) is 29.8 Å². The second-order valence-corrected chi connectivity index (χ2v) is 5.96. The van der Waals surface area contributed by atoms with Gasteiger partial charge in [-0.2, -0.15) is 0 Å². The largest absolute Gasteiger partial charge is 0.472 e. The number of aliphatic hydroxyl groups is 1. The van der Waals surface area contributed by atoms with Crippen molar-refractivity contribution in [1.82, 2.24) is 21.1 Å². The van der Waals surface area contributed by atoms with Crippen LogP contribution < -0.4 is 15.5 Å². The molecule has 0 unspecified atom stereocenters. The summed E-state index contributed by atoms with van der Waals surface area (Å²) in [5.41, 5.74) is 3.61. The third-order valence-corrected chi connectivity index (χ3v) is 4.00. The van der Waals surface area contributed by atoms with E-state index in [9.17, 15) is 19.5 Å². The molecule has 0 radical (unpaired) electrons. The smallest absolute Gasteiger partial charge is 0.287 e. The number of halogens is 1. The molecule has 1 heterocycles. The third-order valence-electron chi connectivity index (χ3n) is 4.00. The average molecular weight is 379 g/mol. The quantitative estimate of drug-likeness (QED) is 0.302. The van der Waals surface area contributed by atoms with E-state index in [1.807, 2.05) is 5.48 Å². The van der Waals surface area contributed by atoms with Crippen LogP contribution in [0.25, 0.3) is 0 Å². The topological polar surface area (TPSA) is 142 Å². The molecule has 0 fully saturated rings. The second-order valence-electron chi connectivity index (χ2n) is 5.96. The highest BCUT2D eigenvalue weighted by Crippen LogP contribution is 2.37. The first-order valence-electron chi connectivity index (χ1n) is 8.11. The van der Waals surface area contributed by atoms with Gasteiger partial charge in [0.1, 0.15) is 12.4 Å². The first kappa shape index (κ1) is 18.7. The van der Waals surface area contributed by atoms with Crippen molar-refractivity contribution in [2.24, 2.45) is 4.99 Å². The first-order chi connectivity index (χ1) is 13.0. The van der Waals surface area contributed by atoms with E-state index in [2.05, 4.69) is 25.3 Å². The molecule has 1 amide bonds. The number of amidine groups is 1. The van der Waals surface area contributed by atoms with Gasteiger partial charge in [0, 0.05) is 6.92 Å². The Morgan fingerprint density at radius 2 is 2.33 bits per heavy atom. The van der Waals surface area contributed by atoms with Crippen molar-refractivity contribution in [2.45, 2.75) is 25.4 Å². The van der Waals surface area contributed by atoms with Gasteiger partial charge >= 0.3 is 0 Å². The molecule has 10 nitrogen and oxygen atoms in total. The van der Waals surface area contributed by atoms with E-state index in [1.54, 1.807) is 6.07 Å². The van der Waals surface area contributed by atoms with E-state index >= 15 is 0 Å². The van der Waals surface area contributed by atoms with Crippen molar-refractivity contribution in [3.05, 3.63) is 40.8 Å². The van der Waals surface area contributed by atoms with Gasteiger partial charge < -0.3 is 15.2 Å². The molecule has 144 valence electrons. The Bertz CT molecular complexity index is 855. The summed E-state index contributed by atoms with van der Waals surface area (Å²) < 4.78 is 23.4. The fraction of sp³-hybridized carbons (Fsp3) is 0.375. The number of nitrogens with zero attached hydrogens (tertiary/aromatic N) is 3. The Morgan fingerprint density at radius 3 is 3.04 bits per heavy atom. The van der Waals surface area contributed by atoms with Crippen molar-refractivity contribution in [3.63, 3.8) is 0 Å². The number of benzene rings is 1. The molecule has 0 bridgehead atoms. The Morgan fingerprint density at radius 1 is 1.52 bits per heavy atom. The maximum Gasteiger partial charge on any atom is 0.287 e. The summed E-state index contributed by atoms with van der Waals surface area (Å²) in [6.07, 6.45) is 0.581. The van der Waals surface area contributed by atoms with Crippen LogP contribution in [0.15, 0.2) is 27.8 Å². The Balaban J connectivity index is 1.74. The minimum absolute atomic E-state index is 0.00173. The van der Waals surface area contributed by atoms with Crippen LogP contribution in [0.5, 0.6) is 5.88 Å². The molecule has 2 atom stereocenters. The molecular formula is C16H18FN5O5. The van der Waals surface area contributed by atoms with E-state index in [0.29, 0.717) is 12.0 Å². The van der Waals surface area contributed by atoms with Gasteiger partial charge in [-0.15, -0.1) is 0 Å². The molecule has 0 saturated heterocycles. The van der Waals surface area contributed by atoms with Crippen LogP contribution in [0.4, 0.5) is 4.39 Å². The molecule has 2 aromatic rings. The number of ether oxygens (including phenoxy) is 1. The monoisotopic (exact) mass is 379 g/mol. The van der Waals surface area contributed by atoms with Crippen molar-refractivity contribution in [2.75, 3.05) is 13.2 Å². The van der Waals surface area contributed by atoms with Crippen LogP contribution in [0, 0.1) is 5.82 Å². The number of amides is 1. The van der Waals surface area contributed by atoms with Gasteiger partial charge in [0.2, 0.25) is 11.6 Å². The molecule has 11 heteroatoms. The van der Waals surface area contributed by atoms with Crippen molar-refractivity contribution in [1.29, 1.82) is 0 Å². The SMILES string of the molecule is CC(=O)N[C@@H](CO)COc1nonc1C(=N[C@H]1Cc2ccc(F)cc21)NO. The fourth-order valence-corrected chi connectivity index (χ4v) is 2.69. The summed E-state index contributed by atoms with van der Waals surface area (Å²) in [5, 5.41) is 28.4. The molecule has 0 saturated carbocycles. The lowest BCUT2D eigenvalue weighted by atomic mass is 9.83. The molecule has 4 N–H and O–H groups in total. The van der Waals surface area contributed by atoms with Crippen LogP contribution in [-0.4, -0.2) is 51.6 Å². The molecule has 27 heavy (non-hydrogen) atoms. The van der Waals surface area contributed by atoms with Crippen molar-refractivity contribution >= 4 is 11.7 Å². The van der Waals surface area contributed by atoms with E-state index < -0.39 is 6.04 Å². The van der Waals surface area contributed by atoms with E-state index in [0.717, 1.165) is 5.56 Å². The zero-order valence-electron chi connectivity index (χ0n) is 14.3. The predicted octanol–water partition coefficient (Wildman–Crippen LogP) is 0.107. The predicted molar refractivity (Wildman–Crippen MR) is 88.8 cm³/mol. The molecule has 0 aliphatic heterocycles. The highest BCUT2D eigenvalue weighted by atomic mass is 19.1. The lowest BCUT2D eigenvalue weighted by molar-refractivity contribution is -0.120. The van der Waals surface area contributed by atoms with Gasteiger partial charge in [0.05, 0.1) is 18.7 Å². The number of aromatic nitrogens is 2. The number of hydrogen-bond donors (Lipinski definition) is 4. The highest BCUT2D eigenvalue weighted by Gasteiger charge is 2.28. The Labute approximate surface area is 153 Å². The summed E-state index contributed by atoms with van der Waals surface area (Å²) >= 11 is 0. The third kappa shape index (κ3) is 4.20. The van der Waals surface area contributed by atoms with E-state index in [4.69, 9.17) is 4.74 Å². The lowest BCUT2D eigenvalue weighted by Crippen LogP contribution is -2.40. The molecule has 1 aromatic carbocycles. The van der Waals surface area contributed by atoms with Crippen molar-refractivity contribution in [3.8, 4) is 5.88 Å². The number of fused-ring (bicyclic) bond motifs is 1. The summed E-state index contributed by atoms with van der Waals surface area (Å²) in [7, 11) is 0. The molecule has 1 aliphatic rings. The number of carbonyl (C=O) groups excluding carboxylic acids is 1.